The van der Waals surface area contributed by atoms with Gasteiger partial charge in [0.05, 0.1) is 12.3 Å². The second-order valence-electron chi connectivity index (χ2n) is 5.58. The molecule has 0 saturated carbocycles. The van der Waals surface area contributed by atoms with Crippen LogP contribution >= 0.6 is 0 Å². The Morgan fingerprint density at radius 2 is 1.73 bits per heavy atom. The Bertz CT molecular complexity index is 892. The third-order valence-corrected chi connectivity index (χ3v) is 3.51. The lowest BCUT2D eigenvalue weighted by molar-refractivity contribution is 0.305. The highest BCUT2D eigenvalue weighted by atomic mass is 19.1. The van der Waals surface area contributed by atoms with Gasteiger partial charge in [0.1, 0.15) is 11.5 Å². The van der Waals surface area contributed by atoms with Crippen molar-refractivity contribution in [3.05, 3.63) is 66.2 Å². The summed E-state index contributed by atoms with van der Waals surface area (Å²) in [6.07, 6.45) is 0.830. The van der Waals surface area contributed by atoms with Gasteiger partial charge in [0.15, 0.2) is 17.4 Å². The molecule has 134 valence electrons. The van der Waals surface area contributed by atoms with Gasteiger partial charge in [-0.15, -0.1) is 0 Å². The maximum atomic E-state index is 14.4. The number of phenols is 1. The predicted octanol–water partition coefficient (Wildman–Crippen LogP) is 5.31. The molecule has 0 unspecified atom stereocenters. The molecular formula is C20H17F2NO3. The van der Waals surface area contributed by atoms with E-state index in [4.69, 9.17) is 9.47 Å². The molecule has 0 radical (unpaired) electrons. The molecule has 1 heterocycles. The minimum Gasteiger partial charge on any atom is -0.508 e. The Hall–Kier alpha value is -3.15. The average molecular weight is 357 g/mol. The van der Waals surface area contributed by atoms with Gasteiger partial charge in [-0.3, -0.25) is 0 Å². The molecule has 0 atom stereocenters. The largest absolute Gasteiger partial charge is 0.508 e. The molecule has 0 aliphatic rings. The molecule has 0 aliphatic heterocycles. The summed E-state index contributed by atoms with van der Waals surface area (Å²) in [6, 6.07) is 13.0. The maximum absolute atomic E-state index is 14.4. The fourth-order valence-corrected chi connectivity index (χ4v) is 2.33. The van der Waals surface area contributed by atoms with Gasteiger partial charge in [-0.1, -0.05) is 19.1 Å². The van der Waals surface area contributed by atoms with Crippen LogP contribution in [0.3, 0.4) is 0 Å². The monoisotopic (exact) mass is 357 g/mol. The van der Waals surface area contributed by atoms with Crippen LogP contribution in [-0.2, 0) is 0 Å². The fourth-order valence-electron chi connectivity index (χ4n) is 2.33. The number of hydrogen-bond acceptors (Lipinski definition) is 4. The van der Waals surface area contributed by atoms with Crippen LogP contribution in [0.2, 0.25) is 0 Å². The van der Waals surface area contributed by atoms with Crippen molar-refractivity contribution in [1.29, 1.82) is 0 Å². The average Bonchev–Trinajstić information content (AvgIpc) is 2.63. The van der Waals surface area contributed by atoms with Gasteiger partial charge in [-0.25, -0.2) is 13.8 Å². The summed E-state index contributed by atoms with van der Waals surface area (Å²) >= 11 is 0. The Labute approximate surface area is 149 Å². The number of aromatic nitrogens is 1. The number of phenolic OH excluding ortho intramolecular Hbond substituents is 1. The van der Waals surface area contributed by atoms with E-state index in [1.54, 1.807) is 18.2 Å². The third-order valence-electron chi connectivity index (χ3n) is 3.51. The first kappa shape index (κ1) is 17.7. The van der Waals surface area contributed by atoms with Crippen molar-refractivity contribution < 1.29 is 23.4 Å². The molecule has 3 aromatic rings. The maximum Gasteiger partial charge on any atom is 0.213 e. The Balaban J connectivity index is 1.89. The Morgan fingerprint density at radius 3 is 2.42 bits per heavy atom. The molecule has 0 fully saturated rings. The molecule has 0 spiro atoms. The topological polar surface area (TPSA) is 51.6 Å². The zero-order valence-corrected chi connectivity index (χ0v) is 14.1. The quantitative estimate of drug-likeness (QED) is 0.649. The van der Waals surface area contributed by atoms with Crippen LogP contribution in [0.1, 0.15) is 13.3 Å². The molecule has 26 heavy (non-hydrogen) atoms. The van der Waals surface area contributed by atoms with E-state index in [1.807, 2.05) is 6.92 Å². The number of pyridine rings is 1. The number of nitrogens with zero attached hydrogens (tertiary/aromatic N) is 1. The van der Waals surface area contributed by atoms with Crippen molar-refractivity contribution in [2.24, 2.45) is 0 Å². The van der Waals surface area contributed by atoms with E-state index in [0.717, 1.165) is 18.6 Å². The SMILES string of the molecule is CCCOc1cccc(-c2cc(F)c(Oc3cccc(O)c3)c(F)c2)n1. The van der Waals surface area contributed by atoms with Gasteiger partial charge < -0.3 is 14.6 Å². The van der Waals surface area contributed by atoms with Crippen molar-refractivity contribution >= 4 is 0 Å². The van der Waals surface area contributed by atoms with Crippen LogP contribution in [0, 0.1) is 11.6 Å². The number of halogens is 2. The summed E-state index contributed by atoms with van der Waals surface area (Å²) < 4.78 is 39.5. The number of hydrogen-bond donors (Lipinski definition) is 1. The fraction of sp³-hybridized carbons (Fsp3) is 0.150. The van der Waals surface area contributed by atoms with Crippen LogP contribution < -0.4 is 9.47 Å². The smallest absolute Gasteiger partial charge is 0.213 e. The summed E-state index contributed by atoms with van der Waals surface area (Å²) in [6.45, 7) is 2.48. The van der Waals surface area contributed by atoms with Crippen molar-refractivity contribution in [2.75, 3.05) is 6.61 Å². The summed E-state index contributed by atoms with van der Waals surface area (Å²) in [5, 5.41) is 9.42. The van der Waals surface area contributed by atoms with Gasteiger partial charge in [-0.05, 0) is 36.8 Å². The van der Waals surface area contributed by atoms with E-state index >= 15 is 0 Å². The first-order valence-corrected chi connectivity index (χ1v) is 8.13. The standard InChI is InChI=1S/C20H17F2NO3/c1-2-9-25-19-8-4-7-18(23-19)13-10-16(21)20(17(22)11-13)26-15-6-3-5-14(24)12-15/h3-8,10-12,24H,2,9H2,1H3. The van der Waals surface area contributed by atoms with E-state index in [1.165, 1.54) is 24.3 Å². The zero-order valence-electron chi connectivity index (χ0n) is 14.1. The highest BCUT2D eigenvalue weighted by Crippen LogP contribution is 2.33. The normalized spacial score (nSPS) is 10.6. The number of rotatable bonds is 6. The third kappa shape index (κ3) is 4.08. The number of benzene rings is 2. The van der Waals surface area contributed by atoms with Crippen LogP contribution in [0.4, 0.5) is 8.78 Å². The molecule has 0 aliphatic carbocycles. The van der Waals surface area contributed by atoms with Gasteiger partial charge >= 0.3 is 0 Å². The molecule has 2 aromatic carbocycles. The first-order valence-electron chi connectivity index (χ1n) is 8.13. The lowest BCUT2D eigenvalue weighted by atomic mass is 10.1. The second-order valence-corrected chi connectivity index (χ2v) is 5.58. The van der Waals surface area contributed by atoms with Crippen LogP contribution in [0.15, 0.2) is 54.6 Å². The molecule has 0 amide bonds. The lowest BCUT2D eigenvalue weighted by Gasteiger charge is -2.11. The first-order chi connectivity index (χ1) is 12.6. The molecular weight excluding hydrogens is 340 g/mol. The van der Waals surface area contributed by atoms with Crippen molar-refractivity contribution in [3.8, 4) is 34.4 Å². The van der Waals surface area contributed by atoms with Crippen LogP contribution in [0.25, 0.3) is 11.3 Å². The van der Waals surface area contributed by atoms with Crippen molar-refractivity contribution in [3.63, 3.8) is 0 Å². The summed E-state index contributed by atoms with van der Waals surface area (Å²) in [4.78, 5) is 4.26. The second kappa shape index (κ2) is 7.82. The van der Waals surface area contributed by atoms with Gasteiger partial charge in [0, 0.05) is 17.7 Å². The molecule has 0 saturated heterocycles. The summed E-state index contributed by atoms with van der Waals surface area (Å²) in [7, 11) is 0. The van der Waals surface area contributed by atoms with Gasteiger partial charge in [-0.2, -0.15) is 0 Å². The summed E-state index contributed by atoms with van der Waals surface area (Å²) in [5.74, 6) is -1.82. The van der Waals surface area contributed by atoms with E-state index in [9.17, 15) is 13.9 Å². The molecule has 6 heteroatoms. The van der Waals surface area contributed by atoms with Crippen LogP contribution in [0.5, 0.6) is 23.1 Å². The highest BCUT2D eigenvalue weighted by Gasteiger charge is 2.16. The lowest BCUT2D eigenvalue weighted by Crippen LogP contribution is -1.98. The minimum atomic E-state index is -0.870. The molecule has 1 N–H and O–H groups in total. The van der Waals surface area contributed by atoms with E-state index < -0.39 is 17.4 Å². The Morgan fingerprint density at radius 1 is 1.00 bits per heavy atom. The van der Waals surface area contributed by atoms with E-state index in [0.29, 0.717) is 18.2 Å². The molecule has 0 bridgehead atoms. The number of ether oxygens (including phenoxy) is 2. The van der Waals surface area contributed by atoms with Crippen molar-refractivity contribution in [2.45, 2.75) is 13.3 Å². The predicted molar refractivity (Wildman–Crippen MR) is 93.6 cm³/mol. The number of aromatic hydroxyl groups is 1. The molecule has 3 rings (SSSR count). The highest BCUT2D eigenvalue weighted by molar-refractivity contribution is 5.61. The van der Waals surface area contributed by atoms with E-state index in [2.05, 4.69) is 4.98 Å². The van der Waals surface area contributed by atoms with Crippen LogP contribution in [-0.4, -0.2) is 16.7 Å². The minimum absolute atomic E-state index is 0.0620. The zero-order chi connectivity index (χ0) is 18.5. The van der Waals surface area contributed by atoms with Gasteiger partial charge in [0.2, 0.25) is 5.88 Å². The summed E-state index contributed by atoms with van der Waals surface area (Å²) in [5.41, 5.74) is 0.658. The Kier molecular flexibility index (Phi) is 5.31. The van der Waals surface area contributed by atoms with Crippen molar-refractivity contribution in [1.82, 2.24) is 4.98 Å². The van der Waals surface area contributed by atoms with E-state index in [-0.39, 0.29) is 17.1 Å². The van der Waals surface area contributed by atoms with Gasteiger partial charge in [0.25, 0.3) is 0 Å². The molecule has 4 nitrogen and oxygen atoms in total. The molecule has 1 aromatic heterocycles.